The van der Waals surface area contributed by atoms with Crippen LogP contribution in [-0.2, 0) is 11.2 Å². The van der Waals surface area contributed by atoms with Gasteiger partial charge in [0.05, 0.1) is 6.04 Å². The van der Waals surface area contributed by atoms with E-state index in [0.717, 1.165) is 50.1 Å². The number of thiazole rings is 1. The predicted molar refractivity (Wildman–Crippen MR) is 97.6 cm³/mol. The van der Waals surface area contributed by atoms with Crippen LogP contribution in [0.25, 0.3) is 0 Å². The Balaban J connectivity index is 1.31. The third-order valence-corrected chi connectivity index (χ3v) is 7.12. The fourth-order valence-electron chi connectivity index (χ4n) is 4.46. The molecule has 3 atom stereocenters. The summed E-state index contributed by atoms with van der Waals surface area (Å²) < 4.78 is 0. The molecule has 1 aromatic heterocycles. The fourth-order valence-corrected chi connectivity index (χ4v) is 5.36. The van der Waals surface area contributed by atoms with Crippen LogP contribution < -0.4 is 10.2 Å². The van der Waals surface area contributed by atoms with Gasteiger partial charge in [0, 0.05) is 43.3 Å². The van der Waals surface area contributed by atoms with E-state index in [-0.39, 0.29) is 6.04 Å². The number of nitrogens with one attached hydrogen (secondary N) is 1. The van der Waals surface area contributed by atoms with Crippen LogP contribution in [0.4, 0.5) is 5.13 Å². The topological polar surface area (TPSA) is 48.5 Å². The van der Waals surface area contributed by atoms with Crippen molar-refractivity contribution in [2.45, 2.75) is 57.5 Å². The molecule has 3 aliphatic rings. The first-order valence-corrected chi connectivity index (χ1v) is 10.3. The van der Waals surface area contributed by atoms with Gasteiger partial charge in [-0.2, -0.15) is 0 Å². The molecule has 5 nitrogen and oxygen atoms in total. The highest BCUT2D eigenvalue weighted by Crippen LogP contribution is 2.34. The molecule has 3 fully saturated rings. The highest BCUT2D eigenvalue weighted by atomic mass is 32.1. The SMILES string of the molecule is CCc1cnc(N2CCN(C(=O)C3CC4CCCCC4N3)CC2)s1. The Labute approximate surface area is 148 Å². The Bertz CT molecular complexity index is 567. The summed E-state index contributed by atoms with van der Waals surface area (Å²) >= 11 is 1.79. The summed E-state index contributed by atoms with van der Waals surface area (Å²) in [5.41, 5.74) is 0. The zero-order valence-electron chi connectivity index (χ0n) is 14.5. The minimum absolute atomic E-state index is 0.0659. The largest absolute Gasteiger partial charge is 0.345 e. The molecule has 1 amide bonds. The molecule has 1 N–H and O–H groups in total. The Hall–Kier alpha value is -1.14. The van der Waals surface area contributed by atoms with Crippen molar-refractivity contribution in [3.63, 3.8) is 0 Å². The number of nitrogens with zero attached hydrogens (tertiary/aromatic N) is 3. The number of aryl methyl sites for hydroxylation is 1. The van der Waals surface area contributed by atoms with E-state index in [4.69, 9.17) is 0 Å². The van der Waals surface area contributed by atoms with Gasteiger partial charge in [-0.05, 0) is 31.6 Å². The normalized spacial score (nSPS) is 30.5. The Morgan fingerprint density at radius 1 is 1.29 bits per heavy atom. The maximum absolute atomic E-state index is 12.9. The average Bonchev–Trinajstić information content (AvgIpc) is 3.28. The Morgan fingerprint density at radius 3 is 2.79 bits per heavy atom. The van der Waals surface area contributed by atoms with Gasteiger partial charge >= 0.3 is 0 Å². The number of anilines is 1. The molecule has 132 valence electrons. The first-order valence-electron chi connectivity index (χ1n) is 9.49. The van der Waals surface area contributed by atoms with Crippen molar-refractivity contribution in [1.29, 1.82) is 0 Å². The maximum Gasteiger partial charge on any atom is 0.239 e. The van der Waals surface area contributed by atoms with E-state index in [9.17, 15) is 4.79 Å². The zero-order chi connectivity index (χ0) is 16.5. The van der Waals surface area contributed by atoms with Crippen molar-refractivity contribution in [2.24, 2.45) is 5.92 Å². The minimum atomic E-state index is 0.0659. The molecule has 1 aromatic rings. The van der Waals surface area contributed by atoms with E-state index in [1.807, 2.05) is 6.20 Å². The number of carbonyl (C=O) groups is 1. The monoisotopic (exact) mass is 348 g/mol. The second-order valence-corrected chi connectivity index (χ2v) is 8.47. The van der Waals surface area contributed by atoms with Gasteiger partial charge in [-0.15, -0.1) is 11.3 Å². The van der Waals surface area contributed by atoms with Gasteiger partial charge in [0.2, 0.25) is 5.91 Å². The third-order valence-electron chi connectivity index (χ3n) is 5.91. The molecule has 0 spiro atoms. The second kappa shape index (κ2) is 7.00. The number of piperazine rings is 1. The van der Waals surface area contributed by atoms with Crippen molar-refractivity contribution in [3.05, 3.63) is 11.1 Å². The van der Waals surface area contributed by atoms with Crippen molar-refractivity contribution in [3.8, 4) is 0 Å². The fraction of sp³-hybridized carbons (Fsp3) is 0.778. The highest BCUT2D eigenvalue weighted by molar-refractivity contribution is 7.15. The number of aromatic nitrogens is 1. The van der Waals surface area contributed by atoms with Crippen LogP contribution in [0.2, 0.25) is 0 Å². The van der Waals surface area contributed by atoms with Crippen LogP contribution in [-0.4, -0.2) is 54.1 Å². The Kier molecular flexibility index (Phi) is 4.77. The van der Waals surface area contributed by atoms with Crippen LogP contribution in [0, 0.1) is 5.92 Å². The highest BCUT2D eigenvalue weighted by Gasteiger charge is 2.40. The van der Waals surface area contributed by atoms with Gasteiger partial charge in [0.15, 0.2) is 5.13 Å². The summed E-state index contributed by atoms with van der Waals surface area (Å²) in [7, 11) is 0. The first kappa shape index (κ1) is 16.3. The quantitative estimate of drug-likeness (QED) is 0.910. The minimum Gasteiger partial charge on any atom is -0.345 e. The number of hydrogen-bond acceptors (Lipinski definition) is 5. The van der Waals surface area contributed by atoms with E-state index < -0.39 is 0 Å². The standard InChI is InChI=1S/C18H28N4OS/c1-2-14-12-19-18(24-14)22-9-7-21(8-10-22)17(23)16-11-13-5-3-4-6-15(13)20-16/h12-13,15-16,20H,2-11H2,1H3. The van der Waals surface area contributed by atoms with Gasteiger partial charge in [0.1, 0.15) is 0 Å². The lowest BCUT2D eigenvalue weighted by molar-refractivity contribution is -0.133. The average molecular weight is 349 g/mol. The lowest BCUT2D eigenvalue weighted by Gasteiger charge is -2.35. The van der Waals surface area contributed by atoms with Crippen molar-refractivity contribution < 1.29 is 4.79 Å². The molecule has 1 aliphatic carbocycles. The Morgan fingerprint density at radius 2 is 2.08 bits per heavy atom. The number of rotatable bonds is 3. The number of amides is 1. The summed E-state index contributed by atoms with van der Waals surface area (Å²) in [6, 6.07) is 0.660. The van der Waals surface area contributed by atoms with E-state index in [1.54, 1.807) is 11.3 Å². The summed E-state index contributed by atoms with van der Waals surface area (Å²) in [6.07, 6.45) is 9.31. The van der Waals surface area contributed by atoms with Crippen LogP contribution in [0.3, 0.4) is 0 Å². The molecular weight excluding hydrogens is 320 g/mol. The van der Waals surface area contributed by atoms with E-state index in [0.29, 0.717) is 11.9 Å². The number of hydrogen-bond donors (Lipinski definition) is 1. The van der Waals surface area contributed by atoms with Crippen LogP contribution in [0.15, 0.2) is 6.20 Å². The first-order chi connectivity index (χ1) is 11.7. The van der Waals surface area contributed by atoms with Gasteiger partial charge in [-0.3, -0.25) is 4.79 Å². The predicted octanol–water partition coefficient (Wildman–Crippen LogP) is 2.27. The molecule has 2 aliphatic heterocycles. The van der Waals surface area contributed by atoms with Gasteiger partial charge in [-0.1, -0.05) is 19.8 Å². The smallest absolute Gasteiger partial charge is 0.239 e. The lowest BCUT2D eigenvalue weighted by Crippen LogP contribution is -2.53. The van der Waals surface area contributed by atoms with Gasteiger partial charge in [-0.25, -0.2) is 4.98 Å². The molecule has 6 heteroatoms. The van der Waals surface area contributed by atoms with Crippen LogP contribution >= 0.6 is 11.3 Å². The summed E-state index contributed by atoms with van der Waals surface area (Å²) in [5.74, 6) is 1.06. The molecule has 1 saturated carbocycles. The van der Waals surface area contributed by atoms with Gasteiger partial charge in [0.25, 0.3) is 0 Å². The van der Waals surface area contributed by atoms with Crippen molar-refractivity contribution in [2.75, 3.05) is 31.1 Å². The molecule has 3 heterocycles. The van der Waals surface area contributed by atoms with Crippen molar-refractivity contribution in [1.82, 2.24) is 15.2 Å². The maximum atomic E-state index is 12.9. The van der Waals surface area contributed by atoms with Crippen LogP contribution in [0.1, 0.15) is 43.9 Å². The number of carbonyl (C=O) groups excluding carboxylic acids is 1. The molecule has 4 rings (SSSR count). The summed E-state index contributed by atoms with van der Waals surface area (Å²) in [4.78, 5) is 23.1. The molecular formula is C18H28N4OS. The van der Waals surface area contributed by atoms with Crippen LogP contribution in [0.5, 0.6) is 0 Å². The lowest BCUT2D eigenvalue weighted by atomic mass is 9.85. The summed E-state index contributed by atoms with van der Waals surface area (Å²) in [5, 5.41) is 4.74. The third kappa shape index (κ3) is 3.18. The molecule has 24 heavy (non-hydrogen) atoms. The van der Waals surface area contributed by atoms with E-state index >= 15 is 0 Å². The second-order valence-electron chi connectivity index (χ2n) is 7.38. The molecule has 0 bridgehead atoms. The zero-order valence-corrected chi connectivity index (χ0v) is 15.4. The van der Waals surface area contributed by atoms with Crippen molar-refractivity contribution >= 4 is 22.4 Å². The van der Waals surface area contributed by atoms with E-state index in [1.165, 1.54) is 30.6 Å². The van der Waals surface area contributed by atoms with Gasteiger partial charge < -0.3 is 15.1 Å². The molecule has 0 aromatic carbocycles. The molecule has 2 saturated heterocycles. The molecule has 0 radical (unpaired) electrons. The molecule has 3 unspecified atom stereocenters. The van der Waals surface area contributed by atoms with E-state index in [2.05, 4.69) is 27.0 Å². The number of fused-ring (bicyclic) bond motifs is 1. The summed E-state index contributed by atoms with van der Waals surface area (Å²) in [6.45, 7) is 5.63.